The molecular formula is C14H28N2O2. The summed E-state index contributed by atoms with van der Waals surface area (Å²) in [6, 6.07) is -0.185. The van der Waals surface area contributed by atoms with Crippen LogP contribution in [0, 0.1) is 5.92 Å². The number of esters is 1. The second-order valence-electron chi connectivity index (χ2n) is 5.01. The number of hydrogen-bond acceptors (Lipinski definition) is 4. The van der Waals surface area contributed by atoms with Crippen LogP contribution in [0.5, 0.6) is 0 Å². The molecule has 4 nitrogen and oxygen atoms in total. The van der Waals surface area contributed by atoms with Crippen molar-refractivity contribution < 1.29 is 9.53 Å². The summed E-state index contributed by atoms with van der Waals surface area (Å²) in [6.07, 6.45) is 4.07. The lowest BCUT2D eigenvalue weighted by atomic mass is 9.85. The molecule has 0 aromatic heterocycles. The third kappa shape index (κ3) is 4.94. The molecule has 1 aliphatic rings. The van der Waals surface area contributed by atoms with Crippen LogP contribution in [0.15, 0.2) is 0 Å². The molecule has 1 aliphatic carbocycles. The highest BCUT2D eigenvalue weighted by atomic mass is 16.5. The SMILES string of the molecule is CCNC(CN(CC)CC1CCC1)C(=O)OCC. The molecule has 4 heteroatoms. The Labute approximate surface area is 111 Å². The maximum Gasteiger partial charge on any atom is 0.324 e. The summed E-state index contributed by atoms with van der Waals surface area (Å²) in [5.74, 6) is 0.723. The zero-order valence-corrected chi connectivity index (χ0v) is 12.1. The second-order valence-corrected chi connectivity index (χ2v) is 5.01. The number of carbonyl (C=O) groups is 1. The monoisotopic (exact) mass is 256 g/mol. The van der Waals surface area contributed by atoms with E-state index in [-0.39, 0.29) is 12.0 Å². The number of nitrogens with one attached hydrogen (secondary N) is 1. The van der Waals surface area contributed by atoms with Crippen molar-refractivity contribution in [1.82, 2.24) is 10.2 Å². The number of likely N-dealkylation sites (N-methyl/N-ethyl adjacent to an activating group) is 2. The van der Waals surface area contributed by atoms with Gasteiger partial charge in [0.15, 0.2) is 0 Å². The van der Waals surface area contributed by atoms with E-state index in [1.807, 2.05) is 13.8 Å². The van der Waals surface area contributed by atoms with Gasteiger partial charge < -0.3 is 15.0 Å². The van der Waals surface area contributed by atoms with Gasteiger partial charge in [0.05, 0.1) is 6.61 Å². The van der Waals surface area contributed by atoms with Crippen LogP contribution in [0.25, 0.3) is 0 Å². The summed E-state index contributed by atoms with van der Waals surface area (Å²) in [4.78, 5) is 14.2. The quantitative estimate of drug-likeness (QED) is 0.637. The van der Waals surface area contributed by atoms with Crippen molar-refractivity contribution in [2.24, 2.45) is 5.92 Å². The Balaban J connectivity index is 2.42. The Bertz CT molecular complexity index is 242. The Kier molecular flexibility index (Phi) is 7.28. The Hall–Kier alpha value is -0.610. The van der Waals surface area contributed by atoms with Crippen LogP contribution in [0.1, 0.15) is 40.0 Å². The van der Waals surface area contributed by atoms with Crippen LogP contribution in [0.4, 0.5) is 0 Å². The fraction of sp³-hybridized carbons (Fsp3) is 0.929. The molecule has 18 heavy (non-hydrogen) atoms. The highest BCUT2D eigenvalue weighted by molar-refractivity contribution is 5.76. The van der Waals surface area contributed by atoms with Crippen LogP contribution in [0.2, 0.25) is 0 Å². The number of hydrogen-bond donors (Lipinski definition) is 1. The Morgan fingerprint density at radius 2 is 2.11 bits per heavy atom. The molecule has 1 fully saturated rings. The predicted molar refractivity (Wildman–Crippen MR) is 73.6 cm³/mol. The van der Waals surface area contributed by atoms with E-state index in [9.17, 15) is 4.79 Å². The summed E-state index contributed by atoms with van der Waals surface area (Å²) in [7, 11) is 0. The first-order valence-corrected chi connectivity index (χ1v) is 7.33. The predicted octanol–water partition coefficient (Wildman–Crippen LogP) is 1.65. The summed E-state index contributed by atoms with van der Waals surface area (Å²) < 4.78 is 5.12. The van der Waals surface area contributed by atoms with Gasteiger partial charge in [0.1, 0.15) is 6.04 Å². The van der Waals surface area contributed by atoms with Gasteiger partial charge in [-0.15, -0.1) is 0 Å². The molecule has 0 aromatic carbocycles. The van der Waals surface area contributed by atoms with Gasteiger partial charge in [-0.2, -0.15) is 0 Å². The number of ether oxygens (including phenoxy) is 1. The first-order chi connectivity index (χ1) is 8.71. The average Bonchev–Trinajstić information content (AvgIpc) is 2.31. The lowest BCUT2D eigenvalue weighted by Crippen LogP contribution is -2.48. The van der Waals surface area contributed by atoms with E-state index >= 15 is 0 Å². The van der Waals surface area contributed by atoms with Crippen molar-refractivity contribution in [3.63, 3.8) is 0 Å². The Morgan fingerprint density at radius 3 is 2.56 bits per heavy atom. The van der Waals surface area contributed by atoms with E-state index in [0.29, 0.717) is 6.61 Å². The molecule has 0 radical (unpaired) electrons. The van der Waals surface area contributed by atoms with Gasteiger partial charge >= 0.3 is 5.97 Å². The van der Waals surface area contributed by atoms with Gasteiger partial charge in [0, 0.05) is 13.1 Å². The standard InChI is InChI=1S/C14H28N2O2/c1-4-15-13(14(17)18-6-3)11-16(5-2)10-12-8-7-9-12/h12-13,15H,4-11H2,1-3H3. The van der Waals surface area contributed by atoms with E-state index in [4.69, 9.17) is 4.74 Å². The third-order valence-corrected chi connectivity index (χ3v) is 3.65. The average molecular weight is 256 g/mol. The summed E-state index contributed by atoms with van der Waals surface area (Å²) >= 11 is 0. The van der Waals surface area contributed by atoms with E-state index in [0.717, 1.165) is 32.1 Å². The fourth-order valence-electron chi connectivity index (χ4n) is 2.34. The van der Waals surface area contributed by atoms with E-state index in [1.54, 1.807) is 0 Å². The molecule has 106 valence electrons. The van der Waals surface area contributed by atoms with Crippen LogP contribution in [-0.2, 0) is 9.53 Å². The topological polar surface area (TPSA) is 41.6 Å². The lowest BCUT2D eigenvalue weighted by Gasteiger charge is -2.33. The minimum Gasteiger partial charge on any atom is -0.465 e. The summed E-state index contributed by atoms with van der Waals surface area (Å²) in [6.45, 7) is 10.2. The van der Waals surface area contributed by atoms with Crippen LogP contribution >= 0.6 is 0 Å². The van der Waals surface area contributed by atoms with Crippen molar-refractivity contribution >= 4 is 5.97 Å². The molecule has 1 saturated carbocycles. The van der Waals surface area contributed by atoms with Crippen molar-refractivity contribution in [2.75, 3.05) is 32.8 Å². The fourth-order valence-corrected chi connectivity index (χ4v) is 2.34. The molecule has 0 saturated heterocycles. The molecule has 0 aromatic rings. The molecule has 1 atom stereocenters. The zero-order valence-electron chi connectivity index (χ0n) is 12.1. The maximum absolute atomic E-state index is 11.8. The summed E-state index contributed by atoms with van der Waals surface area (Å²) in [5, 5.41) is 3.23. The molecular weight excluding hydrogens is 228 g/mol. The van der Waals surface area contributed by atoms with Gasteiger partial charge in [0.2, 0.25) is 0 Å². The second kappa shape index (κ2) is 8.48. The molecule has 1 N–H and O–H groups in total. The van der Waals surface area contributed by atoms with Crippen molar-refractivity contribution in [2.45, 2.75) is 46.1 Å². The zero-order chi connectivity index (χ0) is 13.4. The first-order valence-electron chi connectivity index (χ1n) is 7.33. The van der Waals surface area contributed by atoms with Crippen LogP contribution in [-0.4, -0.2) is 49.7 Å². The third-order valence-electron chi connectivity index (χ3n) is 3.65. The van der Waals surface area contributed by atoms with Crippen LogP contribution in [0.3, 0.4) is 0 Å². The molecule has 0 bridgehead atoms. The van der Waals surface area contributed by atoms with Crippen molar-refractivity contribution in [3.8, 4) is 0 Å². The van der Waals surface area contributed by atoms with E-state index in [1.165, 1.54) is 19.3 Å². The minimum absolute atomic E-state index is 0.119. The van der Waals surface area contributed by atoms with Crippen molar-refractivity contribution in [3.05, 3.63) is 0 Å². The first kappa shape index (κ1) is 15.4. The van der Waals surface area contributed by atoms with Gasteiger partial charge in [-0.1, -0.05) is 20.3 Å². The molecule has 0 spiro atoms. The van der Waals surface area contributed by atoms with Crippen molar-refractivity contribution in [1.29, 1.82) is 0 Å². The Morgan fingerprint density at radius 1 is 1.39 bits per heavy atom. The van der Waals surface area contributed by atoms with E-state index in [2.05, 4.69) is 17.1 Å². The molecule has 1 rings (SSSR count). The van der Waals surface area contributed by atoms with E-state index < -0.39 is 0 Å². The molecule has 0 aliphatic heterocycles. The molecule has 1 unspecified atom stereocenters. The largest absolute Gasteiger partial charge is 0.465 e. The maximum atomic E-state index is 11.8. The smallest absolute Gasteiger partial charge is 0.324 e. The summed E-state index contributed by atoms with van der Waals surface area (Å²) in [5.41, 5.74) is 0. The van der Waals surface area contributed by atoms with Gasteiger partial charge in [-0.25, -0.2) is 0 Å². The number of nitrogens with zero attached hydrogens (tertiary/aromatic N) is 1. The highest BCUT2D eigenvalue weighted by Gasteiger charge is 2.25. The highest BCUT2D eigenvalue weighted by Crippen LogP contribution is 2.27. The van der Waals surface area contributed by atoms with Gasteiger partial charge in [-0.3, -0.25) is 4.79 Å². The van der Waals surface area contributed by atoms with Gasteiger partial charge in [0.25, 0.3) is 0 Å². The van der Waals surface area contributed by atoms with Gasteiger partial charge in [-0.05, 0) is 38.8 Å². The molecule has 0 heterocycles. The normalized spacial score (nSPS) is 17.6. The lowest BCUT2D eigenvalue weighted by molar-refractivity contribution is -0.146. The minimum atomic E-state index is -0.185. The number of carbonyl (C=O) groups excluding carboxylic acids is 1. The van der Waals surface area contributed by atoms with Crippen LogP contribution < -0.4 is 5.32 Å². The number of rotatable bonds is 9. The molecule has 0 amide bonds.